The highest BCUT2D eigenvalue weighted by Gasteiger charge is 2.22. The number of amides is 1. The monoisotopic (exact) mass is 535 g/mol. The summed E-state index contributed by atoms with van der Waals surface area (Å²) in [6, 6.07) is -0.814. The average Bonchev–Trinajstić information content (AvgIpc) is 2.92. The highest BCUT2D eigenvalue weighted by Crippen LogP contribution is 2.11. The Morgan fingerprint density at radius 2 is 1.08 bits per heavy atom. The summed E-state index contributed by atoms with van der Waals surface area (Å²) in [5.74, 6) is -0.525. The number of aliphatic hydroxyl groups is 3. The fourth-order valence-electron chi connectivity index (χ4n) is 4.39. The van der Waals surface area contributed by atoms with Gasteiger partial charge in [-0.15, -0.1) is 0 Å². The molecular weight excluding hydrogens is 474 g/mol. The van der Waals surface area contributed by atoms with Crippen LogP contribution in [0.25, 0.3) is 0 Å². The Kier molecular flexibility index (Phi) is 27.5. The van der Waals surface area contributed by atoms with Crippen LogP contribution in [-0.4, -0.2) is 46.1 Å². The first-order chi connectivity index (χ1) is 18.6. The van der Waals surface area contributed by atoms with Gasteiger partial charge in [0.1, 0.15) is 6.10 Å². The van der Waals surface area contributed by atoms with Gasteiger partial charge in [0.2, 0.25) is 5.91 Å². The molecule has 4 N–H and O–H groups in total. The van der Waals surface area contributed by atoms with Crippen LogP contribution in [0.15, 0.2) is 36.5 Å². The van der Waals surface area contributed by atoms with Crippen LogP contribution in [-0.2, 0) is 4.79 Å². The summed E-state index contributed by atoms with van der Waals surface area (Å²) < 4.78 is 0. The topological polar surface area (TPSA) is 89.8 Å². The molecule has 0 radical (unpaired) electrons. The lowest BCUT2D eigenvalue weighted by Crippen LogP contribution is -2.48. The van der Waals surface area contributed by atoms with Gasteiger partial charge in [-0.1, -0.05) is 134 Å². The Morgan fingerprint density at radius 1 is 0.632 bits per heavy atom. The molecule has 0 rings (SSSR count). The Morgan fingerprint density at radius 3 is 1.61 bits per heavy atom. The van der Waals surface area contributed by atoms with E-state index in [2.05, 4.69) is 43.5 Å². The summed E-state index contributed by atoms with van der Waals surface area (Å²) in [6.45, 7) is 4.08. The van der Waals surface area contributed by atoms with E-state index in [-0.39, 0.29) is 6.61 Å². The minimum absolute atomic E-state index is 0.381. The molecule has 5 heteroatoms. The summed E-state index contributed by atoms with van der Waals surface area (Å²) in [5.41, 5.74) is 0. The number of hydrogen-bond donors (Lipinski definition) is 4. The first-order valence-corrected chi connectivity index (χ1v) is 15.8. The van der Waals surface area contributed by atoms with Crippen LogP contribution in [0, 0.1) is 0 Å². The van der Waals surface area contributed by atoms with E-state index in [1.807, 2.05) is 6.08 Å². The molecule has 3 unspecified atom stereocenters. The predicted octanol–water partition coefficient (Wildman–Crippen LogP) is 7.70. The van der Waals surface area contributed by atoms with Gasteiger partial charge in [-0.2, -0.15) is 0 Å². The zero-order valence-corrected chi connectivity index (χ0v) is 24.8. The van der Waals surface area contributed by atoms with Crippen LogP contribution in [0.4, 0.5) is 0 Å². The minimum atomic E-state index is -1.10. The van der Waals surface area contributed by atoms with Crippen LogP contribution in [0.5, 0.6) is 0 Å². The number of hydrogen-bond acceptors (Lipinski definition) is 4. The van der Waals surface area contributed by atoms with Gasteiger partial charge in [-0.25, -0.2) is 0 Å². The third-order valence-corrected chi connectivity index (χ3v) is 6.96. The van der Waals surface area contributed by atoms with Crippen molar-refractivity contribution in [3.05, 3.63) is 36.5 Å². The van der Waals surface area contributed by atoms with Gasteiger partial charge < -0.3 is 20.6 Å². The Balaban J connectivity index is 3.91. The van der Waals surface area contributed by atoms with Gasteiger partial charge in [0.15, 0.2) is 0 Å². The van der Waals surface area contributed by atoms with Crippen molar-refractivity contribution >= 4 is 5.91 Å². The highest BCUT2D eigenvalue weighted by molar-refractivity contribution is 5.80. The number of nitrogens with one attached hydrogen (secondary N) is 1. The molecule has 222 valence electrons. The summed E-state index contributed by atoms with van der Waals surface area (Å²) in [4.78, 5) is 12.3. The van der Waals surface area contributed by atoms with Gasteiger partial charge in [0.25, 0.3) is 0 Å². The van der Waals surface area contributed by atoms with Crippen molar-refractivity contribution in [3.8, 4) is 0 Å². The minimum Gasteiger partial charge on any atom is -0.394 e. The number of unbranched alkanes of at least 4 members (excludes halogenated alkanes) is 15. The maximum absolute atomic E-state index is 12.3. The van der Waals surface area contributed by atoms with Crippen molar-refractivity contribution in [1.29, 1.82) is 0 Å². The lowest BCUT2D eigenvalue weighted by molar-refractivity contribution is -0.131. The van der Waals surface area contributed by atoms with Crippen LogP contribution in [0.1, 0.15) is 142 Å². The molecule has 0 aliphatic heterocycles. The van der Waals surface area contributed by atoms with Crippen LogP contribution < -0.4 is 5.32 Å². The molecule has 5 nitrogen and oxygen atoms in total. The molecule has 0 aromatic heterocycles. The number of aliphatic hydroxyl groups excluding tert-OH is 3. The molecule has 0 bridgehead atoms. The van der Waals surface area contributed by atoms with E-state index >= 15 is 0 Å². The second-order valence-corrected chi connectivity index (χ2v) is 10.6. The molecule has 0 aromatic rings. The van der Waals surface area contributed by atoms with Gasteiger partial charge in [-0.3, -0.25) is 4.79 Å². The fourth-order valence-corrected chi connectivity index (χ4v) is 4.39. The molecule has 3 atom stereocenters. The lowest BCUT2D eigenvalue weighted by Gasteiger charge is -2.21. The van der Waals surface area contributed by atoms with Gasteiger partial charge >= 0.3 is 0 Å². The first kappa shape index (κ1) is 36.6. The van der Waals surface area contributed by atoms with Crippen molar-refractivity contribution in [2.45, 2.75) is 161 Å². The van der Waals surface area contributed by atoms with Crippen LogP contribution in [0.2, 0.25) is 0 Å². The average molecular weight is 536 g/mol. The van der Waals surface area contributed by atoms with E-state index in [1.54, 1.807) is 6.08 Å². The zero-order valence-electron chi connectivity index (χ0n) is 24.8. The van der Waals surface area contributed by atoms with Crippen molar-refractivity contribution in [3.63, 3.8) is 0 Å². The van der Waals surface area contributed by atoms with E-state index in [0.29, 0.717) is 6.42 Å². The molecule has 0 aromatic carbocycles. The summed E-state index contributed by atoms with van der Waals surface area (Å²) in [5, 5.41) is 32.6. The predicted molar refractivity (Wildman–Crippen MR) is 162 cm³/mol. The molecule has 0 saturated heterocycles. The van der Waals surface area contributed by atoms with Crippen molar-refractivity contribution < 1.29 is 20.1 Å². The molecular formula is C33H61NO4. The number of allylic oxidation sites excluding steroid dienone is 5. The van der Waals surface area contributed by atoms with E-state index in [4.69, 9.17) is 0 Å². The number of carbonyl (C=O) groups is 1. The molecule has 0 heterocycles. The Labute approximate surface area is 234 Å². The molecule has 38 heavy (non-hydrogen) atoms. The quantitative estimate of drug-likeness (QED) is 0.0641. The Bertz CT molecular complexity index is 602. The highest BCUT2D eigenvalue weighted by atomic mass is 16.3. The smallest absolute Gasteiger partial charge is 0.249 e. The SMILES string of the molecule is CCCCCCCC/C=C/CC/C=C/CC/C=C/C(O)C(CO)NC(=O)C(O)CCCCCCCCCC. The largest absolute Gasteiger partial charge is 0.394 e. The van der Waals surface area contributed by atoms with Crippen LogP contribution in [0.3, 0.4) is 0 Å². The van der Waals surface area contributed by atoms with E-state index in [9.17, 15) is 20.1 Å². The lowest BCUT2D eigenvalue weighted by atomic mass is 10.0. The number of rotatable bonds is 27. The van der Waals surface area contributed by atoms with Gasteiger partial charge in [0, 0.05) is 0 Å². The molecule has 0 fully saturated rings. The first-order valence-electron chi connectivity index (χ1n) is 15.8. The maximum Gasteiger partial charge on any atom is 0.249 e. The van der Waals surface area contributed by atoms with Crippen LogP contribution >= 0.6 is 0 Å². The zero-order chi connectivity index (χ0) is 28.1. The molecule has 0 aliphatic rings. The third kappa shape index (κ3) is 23.7. The van der Waals surface area contributed by atoms with Crippen molar-refractivity contribution in [2.75, 3.05) is 6.61 Å². The summed E-state index contributed by atoms with van der Waals surface area (Å²) in [6.07, 6.45) is 33.0. The molecule has 0 saturated carbocycles. The summed E-state index contributed by atoms with van der Waals surface area (Å²) in [7, 11) is 0. The second-order valence-electron chi connectivity index (χ2n) is 10.6. The van der Waals surface area contributed by atoms with E-state index < -0.39 is 24.2 Å². The van der Waals surface area contributed by atoms with Crippen molar-refractivity contribution in [1.82, 2.24) is 5.32 Å². The standard InChI is InChI=1S/C33H61NO4/c1-3-5-7-9-11-13-14-15-16-17-18-19-20-22-23-25-27-31(36)30(29-35)34-33(38)32(37)28-26-24-21-12-10-8-6-4-2/h15-16,19-20,25,27,30-32,35-37H,3-14,17-18,21-24,26,28-29H2,1-2H3,(H,34,38)/b16-15+,20-19+,27-25+. The molecule has 0 aliphatic carbocycles. The molecule has 0 spiro atoms. The van der Waals surface area contributed by atoms with Gasteiger partial charge in [-0.05, 0) is 44.9 Å². The third-order valence-electron chi connectivity index (χ3n) is 6.96. The van der Waals surface area contributed by atoms with E-state index in [1.165, 1.54) is 77.0 Å². The normalized spacial score (nSPS) is 14.6. The maximum atomic E-state index is 12.3. The molecule has 1 amide bonds. The Hall–Kier alpha value is -1.43. The summed E-state index contributed by atoms with van der Waals surface area (Å²) >= 11 is 0. The fraction of sp³-hybridized carbons (Fsp3) is 0.788. The van der Waals surface area contributed by atoms with E-state index in [0.717, 1.165) is 44.9 Å². The van der Waals surface area contributed by atoms with Gasteiger partial charge in [0.05, 0.1) is 18.8 Å². The number of carbonyl (C=O) groups excluding carboxylic acids is 1. The van der Waals surface area contributed by atoms with Crippen molar-refractivity contribution in [2.24, 2.45) is 0 Å². The second kappa shape index (κ2) is 28.6.